The first-order chi connectivity index (χ1) is 9.78. The van der Waals surface area contributed by atoms with E-state index in [1.165, 1.54) is 16.2 Å². The van der Waals surface area contributed by atoms with Gasteiger partial charge in [-0.15, -0.1) is 22.7 Å². The van der Waals surface area contributed by atoms with Gasteiger partial charge in [0.05, 0.1) is 12.0 Å². The van der Waals surface area contributed by atoms with Gasteiger partial charge in [-0.2, -0.15) is 0 Å². The number of thiophene rings is 2. The molecule has 0 atom stereocenters. The van der Waals surface area contributed by atoms with Gasteiger partial charge in [0.1, 0.15) is 5.75 Å². The Kier molecular flexibility index (Phi) is 3.67. The number of hydrogen-bond donors (Lipinski definition) is 0. The Labute approximate surface area is 125 Å². The van der Waals surface area contributed by atoms with Crippen molar-refractivity contribution in [1.82, 2.24) is 0 Å². The van der Waals surface area contributed by atoms with Gasteiger partial charge in [0.15, 0.2) is 0 Å². The quantitative estimate of drug-likeness (QED) is 0.652. The summed E-state index contributed by atoms with van der Waals surface area (Å²) in [5.74, 6) is 0.812. The van der Waals surface area contributed by atoms with E-state index in [9.17, 15) is 4.79 Å². The van der Waals surface area contributed by atoms with E-state index in [0.29, 0.717) is 5.56 Å². The van der Waals surface area contributed by atoms with Gasteiger partial charge in [-0.25, -0.2) is 0 Å². The first kappa shape index (κ1) is 13.1. The molecule has 0 amide bonds. The molecule has 0 N–H and O–H groups in total. The molecule has 3 rings (SSSR count). The van der Waals surface area contributed by atoms with Crippen molar-refractivity contribution < 1.29 is 9.53 Å². The molecule has 0 aliphatic rings. The number of rotatable bonds is 4. The highest BCUT2D eigenvalue weighted by Gasteiger charge is 2.13. The molecule has 0 aliphatic heterocycles. The summed E-state index contributed by atoms with van der Waals surface area (Å²) in [6.45, 7) is 0. The number of carbonyl (C=O) groups is 1. The lowest BCUT2D eigenvalue weighted by Crippen LogP contribution is -1.97. The Bertz CT molecular complexity index is 709. The van der Waals surface area contributed by atoms with Crippen LogP contribution < -0.4 is 4.74 Å². The maximum atomic E-state index is 12.4. The van der Waals surface area contributed by atoms with E-state index in [4.69, 9.17) is 4.74 Å². The molecule has 2 heterocycles. The normalized spacial score (nSPS) is 10.4. The van der Waals surface area contributed by atoms with Crippen LogP contribution in [0.25, 0.3) is 9.75 Å². The van der Waals surface area contributed by atoms with Crippen LogP contribution in [0.1, 0.15) is 15.2 Å². The van der Waals surface area contributed by atoms with Crippen LogP contribution in [0.3, 0.4) is 0 Å². The maximum Gasteiger partial charge on any atom is 0.202 e. The molecular weight excluding hydrogens is 288 g/mol. The van der Waals surface area contributed by atoms with Gasteiger partial charge in [-0.3, -0.25) is 4.79 Å². The zero-order chi connectivity index (χ0) is 13.9. The number of benzene rings is 1. The van der Waals surface area contributed by atoms with Crippen LogP contribution in [0.15, 0.2) is 53.9 Å². The zero-order valence-corrected chi connectivity index (χ0v) is 12.5. The van der Waals surface area contributed by atoms with Gasteiger partial charge >= 0.3 is 0 Å². The third-order valence-corrected chi connectivity index (χ3v) is 5.10. The van der Waals surface area contributed by atoms with Crippen LogP contribution in [0.2, 0.25) is 0 Å². The Morgan fingerprint density at radius 2 is 1.80 bits per heavy atom. The molecule has 0 bridgehead atoms. The van der Waals surface area contributed by atoms with Crippen molar-refractivity contribution in [3.8, 4) is 15.5 Å². The fourth-order valence-electron chi connectivity index (χ4n) is 1.90. The summed E-state index contributed by atoms with van der Waals surface area (Å²) < 4.78 is 5.10. The topological polar surface area (TPSA) is 26.3 Å². The van der Waals surface area contributed by atoms with Crippen molar-refractivity contribution in [2.45, 2.75) is 0 Å². The van der Waals surface area contributed by atoms with E-state index in [1.54, 1.807) is 42.7 Å². The molecule has 0 saturated carbocycles. The summed E-state index contributed by atoms with van der Waals surface area (Å²) >= 11 is 3.22. The van der Waals surface area contributed by atoms with E-state index < -0.39 is 0 Å². The molecular formula is C16H12O2S2. The second kappa shape index (κ2) is 5.61. The molecule has 2 aromatic heterocycles. The minimum absolute atomic E-state index is 0.0560. The van der Waals surface area contributed by atoms with Crippen LogP contribution >= 0.6 is 22.7 Å². The van der Waals surface area contributed by atoms with Crippen molar-refractivity contribution in [2.75, 3.05) is 7.11 Å². The predicted octanol–water partition coefficient (Wildman–Crippen LogP) is 4.72. The fraction of sp³-hybridized carbons (Fsp3) is 0.0625. The van der Waals surface area contributed by atoms with Crippen LogP contribution in [-0.4, -0.2) is 12.9 Å². The standard InChI is InChI=1S/C16H12O2S2/c1-18-12-6-4-11(5-7-12)16(17)15-9-8-14(20-15)13-3-2-10-19-13/h2-10H,1H3. The third kappa shape index (κ3) is 2.53. The molecule has 2 nitrogen and oxygen atoms in total. The minimum Gasteiger partial charge on any atom is -0.497 e. The van der Waals surface area contributed by atoms with Crippen LogP contribution in [-0.2, 0) is 0 Å². The summed E-state index contributed by atoms with van der Waals surface area (Å²) in [6.07, 6.45) is 0. The number of hydrogen-bond acceptors (Lipinski definition) is 4. The van der Waals surface area contributed by atoms with Crippen molar-refractivity contribution >= 4 is 28.5 Å². The molecule has 1 aromatic carbocycles. The number of carbonyl (C=O) groups excluding carboxylic acids is 1. The SMILES string of the molecule is COc1ccc(C(=O)c2ccc(-c3cccs3)s2)cc1. The highest BCUT2D eigenvalue weighted by Crippen LogP contribution is 2.32. The monoisotopic (exact) mass is 300 g/mol. The maximum absolute atomic E-state index is 12.4. The summed E-state index contributed by atoms with van der Waals surface area (Å²) in [7, 11) is 1.61. The van der Waals surface area contributed by atoms with E-state index in [0.717, 1.165) is 15.5 Å². The van der Waals surface area contributed by atoms with Crippen LogP contribution in [0.4, 0.5) is 0 Å². The van der Waals surface area contributed by atoms with Crippen molar-refractivity contribution in [2.24, 2.45) is 0 Å². The Hall–Kier alpha value is -1.91. The molecule has 0 fully saturated rings. The zero-order valence-electron chi connectivity index (χ0n) is 10.8. The number of ether oxygens (including phenoxy) is 1. The second-order valence-corrected chi connectivity index (χ2v) is 6.23. The van der Waals surface area contributed by atoms with Crippen molar-refractivity contribution in [1.29, 1.82) is 0 Å². The lowest BCUT2D eigenvalue weighted by molar-refractivity contribution is 0.104. The van der Waals surface area contributed by atoms with Gasteiger partial charge in [0.2, 0.25) is 5.78 Å². The summed E-state index contributed by atoms with van der Waals surface area (Å²) in [5, 5.41) is 2.04. The largest absolute Gasteiger partial charge is 0.497 e. The molecule has 0 unspecified atom stereocenters. The lowest BCUT2D eigenvalue weighted by atomic mass is 10.1. The molecule has 4 heteroatoms. The second-order valence-electron chi connectivity index (χ2n) is 4.20. The van der Waals surface area contributed by atoms with E-state index >= 15 is 0 Å². The van der Waals surface area contributed by atoms with Crippen LogP contribution in [0, 0.1) is 0 Å². The molecule has 20 heavy (non-hydrogen) atoms. The predicted molar refractivity (Wildman–Crippen MR) is 84.1 cm³/mol. The number of ketones is 1. The van der Waals surface area contributed by atoms with Gasteiger partial charge in [0.25, 0.3) is 0 Å². The van der Waals surface area contributed by atoms with E-state index in [1.807, 2.05) is 23.6 Å². The molecule has 0 radical (unpaired) electrons. The first-order valence-electron chi connectivity index (χ1n) is 6.10. The Morgan fingerprint density at radius 3 is 2.45 bits per heavy atom. The fourth-order valence-corrected chi connectivity index (χ4v) is 3.70. The number of methoxy groups -OCH3 is 1. The first-order valence-corrected chi connectivity index (χ1v) is 7.80. The highest BCUT2D eigenvalue weighted by molar-refractivity contribution is 7.22. The Morgan fingerprint density at radius 1 is 1.00 bits per heavy atom. The average Bonchev–Trinajstić information content (AvgIpc) is 3.17. The molecule has 3 aromatic rings. The van der Waals surface area contributed by atoms with Crippen molar-refractivity contribution in [3.05, 3.63) is 64.4 Å². The van der Waals surface area contributed by atoms with Gasteiger partial charge in [0, 0.05) is 15.3 Å². The third-order valence-electron chi connectivity index (χ3n) is 2.95. The smallest absolute Gasteiger partial charge is 0.202 e. The van der Waals surface area contributed by atoms with Crippen LogP contribution in [0.5, 0.6) is 5.75 Å². The summed E-state index contributed by atoms with van der Waals surface area (Å²) in [4.78, 5) is 15.5. The van der Waals surface area contributed by atoms with Crippen molar-refractivity contribution in [3.63, 3.8) is 0 Å². The Balaban J connectivity index is 1.87. The average molecular weight is 300 g/mol. The van der Waals surface area contributed by atoms with E-state index in [2.05, 4.69) is 6.07 Å². The minimum atomic E-state index is 0.0560. The van der Waals surface area contributed by atoms with Gasteiger partial charge < -0.3 is 4.74 Å². The van der Waals surface area contributed by atoms with Gasteiger partial charge in [-0.05, 0) is 47.8 Å². The summed E-state index contributed by atoms with van der Waals surface area (Å²) in [5.41, 5.74) is 0.686. The lowest BCUT2D eigenvalue weighted by Gasteiger charge is -2.01. The molecule has 0 spiro atoms. The highest BCUT2D eigenvalue weighted by atomic mass is 32.1. The molecule has 100 valence electrons. The van der Waals surface area contributed by atoms with Gasteiger partial charge in [-0.1, -0.05) is 6.07 Å². The summed E-state index contributed by atoms with van der Waals surface area (Å²) in [6, 6.07) is 15.2. The van der Waals surface area contributed by atoms with E-state index in [-0.39, 0.29) is 5.78 Å². The molecule has 0 aliphatic carbocycles. The molecule has 0 saturated heterocycles.